The summed E-state index contributed by atoms with van der Waals surface area (Å²) in [6.45, 7) is 2.20. The van der Waals surface area contributed by atoms with E-state index < -0.39 is 0 Å². The molecule has 1 aliphatic rings. The van der Waals surface area contributed by atoms with Crippen molar-refractivity contribution in [1.82, 2.24) is 0 Å². The Hall–Kier alpha value is -2.55. The third-order valence-electron chi connectivity index (χ3n) is 3.86. The monoisotopic (exact) mass is 292 g/mol. The molecule has 0 bridgehead atoms. The van der Waals surface area contributed by atoms with Gasteiger partial charge in [-0.15, -0.1) is 0 Å². The molecule has 2 aromatic heterocycles. The van der Waals surface area contributed by atoms with Crippen molar-refractivity contribution in [2.75, 3.05) is 0 Å². The number of Topliss-reactive ketones (excluding diaryl/α,β-unsaturated/α-hetero) is 1. The topological polar surface area (TPSA) is 45.4 Å². The van der Waals surface area contributed by atoms with Crippen molar-refractivity contribution >= 4 is 17.9 Å². The van der Waals surface area contributed by atoms with Crippen LogP contribution in [-0.2, 0) is 4.79 Å². The first kappa shape index (κ1) is 14.4. The van der Waals surface area contributed by atoms with Crippen molar-refractivity contribution < 1.29 is 14.8 Å². The number of hydrogen-bond acceptors (Lipinski definition) is 1. The molecule has 2 aromatic rings. The Kier molecular flexibility index (Phi) is 4.24. The molecule has 1 fully saturated rings. The number of ketones is 1. The Morgan fingerprint density at radius 1 is 0.955 bits per heavy atom. The van der Waals surface area contributed by atoms with Crippen molar-refractivity contribution in [3.8, 4) is 0 Å². The molecule has 22 heavy (non-hydrogen) atoms. The number of rotatable bonds is 2. The summed E-state index contributed by atoms with van der Waals surface area (Å²) in [6, 6.07) is 7.90. The van der Waals surface area contributed by atoms with Crippen LogP contribution in [0.15, 0.2) is 60.2 Å². The Morgan fingerprint density at radius 2 is 1.45 bits per heavy atom. The normalized spacial score (nSPS) is 22.2. The van der Waals surface area contributed by atoms with E-state index >= 15 is 0 Å². The highest BCUT2D eigenvalue weighted by Crippen LogP contribution is 2.31. The highest BCUT2D eigenvalue weighted by atomic mass is 16.1. The van der Waals surface area contributed by atoms with Crippen LogP contribution >= 0.6 is 0 Å². The smallest absolute Gasteiger partial charge is 0.185 e. The van der Waals surface area contributed by atoms with Gasteiger partial charge in [0.15, 0.2) is 30.6 Å². The van der Waals surface area contributed by atoms with Crippen molar-refractivity contribution in [1.29, 1.82) is 0 Å². The average Bonchev–Trinajstić information content (AvgIpc) is 2.54. The summed E-state index contributed by atoms with van der Waals surface area (Å²) in [7, 11) is 0. The number of H-pyrrole nitrogens is 2. The van der Waals surface area contributed by atoms with Gasteiger partial charge in [0.1, 0.15) is 0 Å². The Morgan fingerprint density at radius 3 is 1.86 bits per heavy atom. The molecule has 3 heteroatoms. The maximum absolute atomic E-state index is 12.7. The van der Waals surface area contributed by atoms with Gasteiger partial charge in [-0.05, 0) is 43.0 Å². The minimum Gasteiger partial charge on any atom is -0.289 e. The van der Waals surface area contributed by atoms with Crippen LogP contribution in [0.3, 0.4) is 0 Å². The first-order chi connectivity index (χ1) is 10.7. The number of hydrogen-bond donors (Lipinski definition) is 0. The van der Waals surface area contributed by atoms with Gasteiger partial charge in [-0.2, -0.15) is 0 Å². The minimum absolute atomic E-state index is 0.172. The fraction of sp³-hybridized carbons (Fsp3) is 0.211. The van der Waals surface area contributed by atoms with E-state index in [0.717, 1.165) is 35.1 Å². The summed E-state index contributed by atoms with van der Waals surface area (Å²) >= 11 is 0. The highest BCUT2D eigenvalue weighted by molar-refractivity contribution is 6.14. The van der Waals surface area contributed by atoms with Gasteiger partial charge in [-0.1, -0.05) is 6.92 Å². The molecular formula is C19H20N2O+2. The first-order valence-electron chi connectivity index (χ1n) is 7.60. The third kappa shape index (κ3) is 3.37. The van der Waals surface area contributed by atoms with Crippen LogP contribution in [0.2, 0.25) is 0 Å². The lowest BCUT2D eigenvalue weighted by atomic mass is 9.81. The van der Waals surface area contributed by atoms with E-state index in [0.29, 0.717) is 5.92 Å². The molecule has 0 aromatic carbocycles. The second-order valence-electron chi connectivity index (χ2n) is 5.86. The predicted octanol–water partition coefficient (Wildman–Crippen LogP) is 2.78. The Labute approximate surface area is 130 Å². The van der Waals surface area contributed by atoms with Crippen molar-refractivity contribution in [2.45, 2.75) is 19.8 Å². The zero-order valence-corrected chi connectivity index (χ0v) is 12.7. The van der Waals surface area contributed by atoms with Crippen LogP contribution < -0.4 is 9.97 Å². The van der Waals surface area contributed by atoms with Gasteiger partial charge < -0.3 is 0 Å². The van der Waals surface area contributed by atoms with E-state index in [1.165, 1.54) is 0 Å². The van der Waals surface area contributed by atoms with Gasteiger partial charge >= 0.3 is 0 Å². The number of pyridine rings is 2. The Bertz CT molecular complexity index is 656. The van der Waals surface area contributed by atoms with E-state index in [-0.39, 0.29) is 5.78 Å². The third-order valence-corrected chi connectivity index (χ3v) is 3.86. The molecule has 0 atom stereocenters. The molecule has 0 aliphatic heterocycles. The number of aromatic amines is 2. The molecule has 0 amide bonds. The minimum atomic E-state index is 0.172. The predicted molar refractivity (Wildman–Crippen MR) is 85.4 cm³/mol. The maximum atomic E-state index is 12.7. The van der Waals surface area contributed by atoms with Crippen molar-refractivity contribution in [3.05, 3.63) is 71.3 Å². The van der Waals surface area contributed by atoms with E-state index in [1.54, 1.807) is 0 Å². The van der Waals surface area contributed by atoms with Crippen molar-refractivity contribution in [2.24, 2.45) is 5.92 Å². The number of aromatic nitrogens is 2. The fourth-order valence-corrected chi connectivity index (χ4v) is 2.86. The maximum Gasteiger partial charge on any atom is 0.185 e. The van der Waals surface area contributed by atoms with Crippen LogP contribution in [0.5, 0.6) is 0 Å². The number of nitrogens with one attached hydrogen (secondary N) is 2. The van der Waals surface area contributed by atoms with Crippen LogP contribution in [0.1, 0.15) is 30.9 Å². The van der Waals surface area contributed by atoms with Gasteiger partial charge in [-0.3, -0.25) is 4.79 Å². The number of carbonyl (C=O) groups is 1. The number of carbonyl (C=O) groups excluding carboxylic acids is 1. The summed E-state index contributed by atoms with van der Waals surface area (Å²) in [6.07, 6.45) is 13.2. The summed E-state index contributed by atoms with van der Waals surface area (Å²) in [4.78, 5) is 18.8. The zero-order valence-electron chi connectivity index (χ0n) is 12.7. The molecule has 0 radical (unpaired) electrons. The second kappa shape index (κ2) is 6.48. The van der Waals surface area contributed by atoms with Gasteiger partial charge in [0.05, 0.1) is 0 Å². The van der Waals surface area contributed by atoms with Gasteiger partial charge in [-0.25, -0.2) is 9.97 Å². The van der Waals surface area contributed by atoms with Crippen molar-refractivity contribution in [3.63, 3.8) is 0 Å². The van der Waals surface area contributed by atoms with E-state index in [4.69, 9.17) is 0 Å². The zero-order chi connectivity index (χ0) is 15.4. The fourth-order valence-electron chi connectivity index (χ4n) is 2.86. The summed E-state index contributed by atoms with van der Waals surface area (Å²) in [5.74, 6) is 0.654. The van der Waals surface area contributed by atoms with E-state index in [9.17, 15) is 4.79 Å². The van der Waals surface area contributed by atoms with Gasteiger partial charge in [0.2, 0.25) is 0 Å². The molecule has 2 heterocycles. The molecule has 0 spiro atoms. The Balaban J connectivity index is 1.92. The summed E-state index contributed by atoms with van der Waals surface area (Å²) < 4.78 is 0. The first-order valence-corrected chi connectivity index (χ1v) is 7.60. The molecule has 0 saturated heterocycles. The van der Waals surface area contributed by atoms with Crippen LogP contribution in [0, 0.1) is 5.92 Å². The lowest BCUT2D eigenvalue weighted by Crippen LogP contribution is -2.18. The SMILES string of the molecule is CC1CC(=Cc2ccc[nH+]c2)C(=O)C(=Cc2ccc[nH+]c2)C1. The molecule has 0 unspecified atom stereocenters. The summed E-state index contributed by atoms with van der Waals surface area (Å²) in [5.41, 5.74) is 3.86. The lowest BCUT2D eigenvalue weighted by Gasteiger charge is -2.22. The lowest BCUT2D eigenvalue weighted by molar-refractivity contribution is -0.378. The largest absolute Gasteiger partial charge is 0.289 e. The van der Waals surface area contributed by atoms with Gasteiger partial charge in [0.25, 0.3) is 0 Å². The number of allylic oxidation sites excluding steroid dienone is 2. The molecule has 110 valence electrons. The molecule has 1 aliphatic carbocycles. The van der Waals surface area contributed by atoms with Crippen LogP contribution in [-0.4, -0.2) is 5.78 Å². The van der Waals surface area contributed by atoms with E-state index in [1.807, 2.05) is 61.2 Å². The molecular weight excluding hydrogens is 272 g/mol. The average molecular weight is 292 g/mol. The summed E-state index contributed by atoms with van der Waals surface area (Å²) in [5, 5.41) is 0. The van der Waals surface area contributed by atoms with E-state index in [2.05, 4.69) is 16.9 Å². The van der Waals surface area contributed by atoms with Gasteiger partial charge in [0, 0.05) is 34.4 Å². The molecule has 3 rings (SSSR count). The second-order valence-corrected chi connectivity index (χ2v) is 5.86. The molecule has 1 saturated carbocycles. The van der Waals surface area contributed by atoms with Crippen LogP contribution in [0.4, 0.5) is 0 Å². The van der Waals surface area contributed by atoms with Crippen LogP contribution in [0.25, 0.3) is 12.2 Å². The standard InChI is InChI=1S/C19H18N2O/c1-14-8-17(10-15-4-2-6-20-12-15)19(22)18(9-14)11-16-5-3-7-21-13-16/h2-7,10-14H,8-9H2,1H3/p+2. The molecule has 2 N–H and O–H groups in total. The highest BCUT2D eigenvalue weighted by Gasteiger charge is 2.25. The quantitative estimate of drug-likeness (QED) is 0.785. The molecule has 3 nitrogen and oxygen atoms in total.